The Bertz CT molecular complexity index is 586. The lowest BCUT2D eigenvalue weighted by atomic mass is 10.4. The monoisotopic (exact) mass is 314 g/mol. The number of aromatic nitrogens is 2. The predicted molar refractivity (Wildman–Crippen MR) is 69.6 cm³/mol. The highest BCUT2D eigenvalue weighted by Crippen LogP contribution is 2.44. The molecule has 0 saturated heterocycles. The van der Waals surface area contributed by atoms with Crippen LogP contribution in [0.4, 0.5) is 0 Å². The van der Waals surface area contributed by atoms with E-state index in [9.17, 15) is 4.79 Å². The number of thiazole rings is 1. The maximum atomic E-state index is 11.7. The Labute approximate surface area is 111 Å². The Balaban J connectivity index is 2.01. The summed E-state index contributed by atoms with van der Waals surface area (Å²) in [7, 11) is 0. The Hall–Kier alpha value is -0.880. The number of nitrogens with one attached hydrogen (secondary N) is 1. The molecule has 0 bridgehead atoms. The van der Waals surface area contributed by atoms with E-state index < -0.39 is 0 Å². The molecule has 2 aromatic heterocycles. The van der Waals surface area contributed by atoms with Gasteiger partial charge in [-0.2, -0.15) is 0 Å². The first-order chi connectivity index (χ1) is 8.20. The van der Waals surface area contributed by atoms with E-state index >= 15 is 0 Å². The predicted octanol–water partition coefficient (Wildman–Crippen LogP) is 3.44. The van der Waals surface area contributed by atoms with Crippen LogP contribution in [0.15, 0.2) is 4.47 Å². The fourth-order valence-electron chi connectivity index (χ4n) is 1.71. The average Bonchev–Trinajstić information content (AvgIpc) is 2.99. The van der Waals surface area contributed by atoms with E-state index in [1.807, 2.05) is 0 Å². The summed E-state index contributed by atoms with van der Waals surface area (Å²) in [6.45, 7) is 2.17. The number of ether oxygens (including phenoxy) is 1. The fourth-order valence-corrected chi connectivity index (χ4v) is 3.53. The minimum absolute atomic E-state index is 0.336. The number of carbonyl (C=O) groups excluding carboxylic acids is 1. The number of fused-ring (bicyclic) bond motifs is 1. The second kappa shape index (κ2) is 4.10. The number of hydrogen-bond acceptors (Lipinski definition) is 4. The van der Waals surface area contributed by atoms with Crippen LogP contribution in [0.25, 0.3) is 10.3 Å². The number of rotatable bonds is 3. The van der Waals surface area contributed by atoms with Gasteiger partial charge in [0.25, 0.3) is 0 Å². The Kier molecular flexibility index (Phi) is 2.71. The van der Waals surface area contributed by atoms with Crippen molar-refractivity contribution in [2.75, 3.05) is 6.61 Å². The number of nitrogens with zero attached hydrogens (tertiary/aromatic N) is 1. The molecular formula is C11H11BrN2O2S. The number of halogens is 1. The zero-order valence-electron chi connectivity index (χ0n) is 9.25. The lowest BCUT2D eigenvalue weighted by Gasteiger charge is -1.98. The normalized spacial score (nSPS) is 15.4. The molecule has 1 N–H and O–H groups in total. The molecule has 90 valence electrons. The van der Waals surface area contributed by atoms with Crippen LogP contribution in [0.3, 0.4) is 0 Å². The molecular weight excluding hydrogens is 304 g/mol. The first-order valence-electron chi connectivity index (χ1n) is 5.55. The summed E-state index contributed by atoms with van der Waals surface area (Å²) in [5.41, 5.74) is 1.31. The largest absolute Gasteiger partial charge is 0.461 e. The molecule has 2 aromatic rings. The number of H-pyrrole nitrogens is 1. The van der Waals surface area contributed by atoms with Gasteiger partial charge in [-0.25, -0.2) is 9.78 Å². The zero-order chi connectivity index (χ0) is 12.0. The van der Waals surface area contributed by atoms with Gasteiger partial charge >= 0.3 is 5.97 Å². The third-order valence-electron chi connectivity index (χ3n) is 2.72. The number of carbonyl (C=O) groups is 1. The van der Waals surface area contributed by atoms with Gasteiger partial charge in [-0.3, -0.25) is 0 Å². The molecule has 0 aromatic carbocycles. The summed E-state index contributed by atoms with van der Waals surface area (Å²) in [6, 6.07) is 0. The molecule has 0 aliphatic heterocycles. The van der Waals surface area contributed by atoms with Gasteiger partial charge in [0, 0.05) is 5.92 Å². The molecule has 1 saturated carbocycles. The first kappa shape index (κ1) is 11.2. The highest BCUT2D eigenvalue weighted by molar-refractivity contribution is 9.10. The van der Waals surface area contributed by atoms with Crippen molar-refractivity contribution in [3.8, 4) is 0 Å². The molecule has 0 radical (unpaired) electrons. The van der Waals surface area contributed by atoms with Gasteiger partial charge in [-0.05, 0) is 35.7 Å². The van der Waals surface area contributed by atoms with Crippen LogP contribution < -0.4 is 0 Å². The van der Waals surface area contributed by atoms with Crippen molar-refractivity contribution >= 4 is 43.6 Å². The first-order valence-corrected chi connectivity index (χ1v) is 7.16. The second-order valence-corrected chi connectivity index (χ2v) is 5.86. The Morgan fingerprint density at radius 3 is 3.00 bits per heavy atom. The quantitative estimate of drug-likeness (QED) is 0.883. The molecule has 4 nitrogen and oxygen atoms in total. The molecule has 2 heterocycles. The van der Waals surface area contributed by atoms with Crippen LogP contribution in [-0.4, -0.2) is 22.5 Å². The summed E-state index contributed by atoms with van der Waals surface area (Å²) >= 11 is 5.05. The lowest BCUT2D eigenvalue weighted by Crippen LogP contribution is -2.05. The molecule has 0 spiro atoms. The van der Waals surface area contributed by atoms with Crippen molar-refractivity contribution in [2.45, 2.75) is 25.7 Å². The van der Waals surface area contributed by atoms with E-state index in [2.05, 4.69) is 25.9 Å². The van der Waals surface area contributed by atoms with E-state index in [4.69, 9.17) is 4.74 Å². The Morgan fingerprint density at radius 1 is 1.65 bits per heavy atom. The fraction of sp³-hybridized carbons (Fsp3) is 0.455. The number of esters is 1. The van der Waals surface area contributed by atoms with Crippen molar-refractivity contribution in [1.82, 2.24) is 9.97 Å². The van der Waals surface area contributed by atoms with Crippen molar-refractivity contribution in [3.05, 3.63) is 15.2 Å². The van der Waals surface area contributed by atoms with Crippen LogP contribution in [0.1, 0.15) is 41.2 Å². The summed E-state index contributed by atoms with van der Waals surface area (Å²) < 4.78 is 5.69. The molecule has 1 aliphatic rings. The molecule has 1 fully saturated rings. The maximum Gasteiger partial charge on any atom is 0.356 e. The number of aromatic amines is 1. The number of hydrogen-bond donors (Lipinski definition) is 1. The molecule has 0 amide bonds. The summed E-state index contributed by atoms with van der Waals surface area (Å²) in [6.07, 6.45) is 2.47. The highest BCUT2D eigenvalue weighted by atomic mass is 79.9. The molecule has 6 heteroatoms. The van der Waals surface area contributed by atoms with E-state index in [1.165, 1.54) is 17.8 Å². The van der Waals surface area contributed by atoms with Crippen LogP contribution in [-0.2, 0) is 4.74 Å². The molecule has 3 rings (SSSR count). The second-order valence-electron chi connectivity index (χ2n) is 4.04. The van der Waals surface area contributed by atoms with Gasteiger partial charge in [-0.1, -0.05) is 0 Å². The SMILES string of the molecule is CCOC(=O)c1[nH]c2sc(C3CC3)nc2c1Br. The van der Waals surface area contributed by atoms with Gasteiger partial charge in [0.2, 0.25) is 0 Å². The maximum absolute atomic E-state index is 11.7. The van der Waals surface area contributed by atoms with Crippen molar-refractivity contribution < 1.29 is 9.53 Å². The zero-order valence-corrected chi connectivity index (χ0v) is 11.7. The lowest BCUT2D eigenvalue weighted by molar-refractivity contribution is 0.0519. The minimum atomic E-state index is -0.336. The topological polar surface area (TPSA) is 55.0 Å². The minimum Gasteiger partial charge on any atom is -0.461 e. The van der Waals surface area contributed by atoms with Crippen LogP contribution >= 0.6 is 27.3 Å². The van der Waals surface area contributed by atoms with Gasteiger partial charge in [0.05, 0.1) is 16.1 Å². The van der Waals surface area contributed by atoms with Gasteiger partial charge in [0.1, 0.15) is 16.0 Å². The van der Waals surface area contributed by atoms with E-state index in [1.54, 1.807) is 18.3 Å². The third-order valence-corrected chi connectivity index (χ3v) is 4.62. The van der Waals surface area contributed by atoms with Crippen LogP contribution in [0, 0.1) is 0 Å². The summed E-state index contributed by atoms with van der Waals surface area (Å²) in [4.78, 5) is 20.3. The van der Waals surface area contributed by atoms with Crippen LogP contribution in [0.2, 0.25) is 0 Å². The molecule has 0 unspecified atom stereocenters. The smallest absolute Gasteiger partial charge is 0.356 e. The average molecular weight is 315 g/mol. The van der Waals surface area contributed by atoms with E-state index in [0.717, 1.165) is 10.3 Å². The van der Waals surface area contributed by atoms with Gasteiger partial charge < -0.3 is 9.72 Å². The third kappa shape index (κ3) is 1.89. The van der Waals surface area contributed by atoms with Crippen LogP contribution in [0.5, 0.6) is 0 Å². The van der Waals surface area contributed by atoms with Crippen molar-refractivity contribution in [3.63, 3.8) is 0 Å². The molecule has 17 heavy (non-hydrogen) atoms. The Morgan fingerprint density at radius 2 is 2.41 bits per heavy atom. The van der Waals surface area contributed by atoms with Crippen molar-refractivity contribution in [1.29, 1.82) is 0 Å². The highest BCUT2D eigenvalue weighted by Gasteiger charge is 2.29. The molecule has 1 aliphatic carbocycles. The standard InChI is InChI=1S/C11H11BrN2O2S/c1-2-16-11(15)8-6(12)7-10(14-8)17-9(13-7)5-3-4-5/h5,14H,2-4H2,1H3. The summed E-state index contributed by atoms with van der Waals surface area (Å²) in [5.74, 6) is 0.302. The van der Waals surface area contributed by atoms with Gasteiger partial charge in [0.15, 0.2) is 0 Å². The van der Waals surface area contributed by atoms with E-state index in [0.29, 0.717) is 22.7 Å². The van der Waals surface area contributed by atoms with Crippen molar-refractivity contribution in [2.24, 2.45) is 0 Å². The molecule has 0 atom stereocenters. The van der Waals surface area contributed by atoms with E-state index in [-0.39, 0.29) is 5.97 Å². The van der Waals surface area contributed by atoms with Gasteiger partial charge in [-0.15, -0.1) is 11.3 Å². The summed E-state index contributed by atoms with van der Waals surface area (Å²) in [5, 5.41) is 1.17.